The van der Waals surface area contributed by atoms with Crippen molar-refractivity contribution in [2.45, 2.75) is 4.90 Å². The van der Waals surface area contributed by atoms with Crippen LogP contribution in [-0.2, 0) is 10.0 Å². The van der Waals surface area contributed by atoms with Crippen molar-refractivity contribution in [3.63, 3.8) is 0 Å². The van der Waals surface area contributed by atoms with E-state index in [0.717, 1.165) is 0 Å². The SMILES string of the molecule is COc1ccc(C(N)=O)cc1NS(=O)(=O)c1ccc2[nH]c(=O)oc2c1. The van der Waals surface area contributed by atoms with Crippen LogP contribution in [0.3, 0.4) is 0 Å². The molecule has 0 saturated carbocycles. The summed E-state index contributed by atoms with van der Waals surface area (Å²) in [6, 6.07) is 8.03. The van der Waals surface area contributed by atoms with Crippen molar-refractivity contribution in [1.82, 2.24) is 4.98 Å². The fourth-order valence-corrected chi connectivity index (χ4v) is 3.31. The molecule has 0 unspecified atom stereocenters. The molecule has 1 aromatic heterocycles. The Morgan fingerprint density at radius 1 is 1.24 bits per heavy atom. The molecule has 3 aromatic rings. The fourth-order valence-electron chi connectivity index (χ4n) is 2.24. The first-order valence-electron chi connectivity index (χ1n) is 6.94. The lowest BCUT2D eigenvalue weighted by molar-refractivity contribution is 0.100. The smallest absolute Gasteiger partial charge is 0.417 e. The van der Waals surface area contributed by atoms with Crippen LogP contribution >= 0.6 is 0 Å². The van der Waals surface area contributed by atoms with Crippen LogP contribution < -0.4 is 20.9 Å². The van der Waals surface area contributed by atoms with Gasteiger partial charge in [-0.05, 0) is 30.3 Å². The van der Waals surface area contributed by atoms with Gasteiger partial charge in [0.05, 0.1) is 23.2 Å². The van der Waals surface area contributed by atoms with Gasteiger partial charge in [0.15, 0.2) is 5.58 Å². The summed E-state index contributed by atoms with van der Waals surface area (Å²) in [6.07, 6.45) is 0. The highest BCUT2D eigenvalue weighted by atomic mass is 32.2. The van der Waals surface area contributed by atoms with Crippen LogP contribution in [0.2, 0.25) is 0 Å². The Labute approximate surface area is 141 Å². The number of carbonyl (C=O) groups excluding carboxylic acids is 1. The Hall–Kier alpha value is -3.27. The quantitative estimate of drug-likeness (QED) is 0.617. The van der Waals surface area contributed by atoms with Crippen LogP contribution in [0.1, 0.15) is 10.4 Å². The minimum absolute atomic E-state index is 0.0504. The van der Waals surface area contributed by atoms with E-state index < -0.39 is 21.7 Å². The maximum absolute atomic E-state index is 12.6. The van der Waals surface area contributed by atoms with Crippen molar-refractivity contribution >= 4 is 32.7 Å². The Morgan fingerprint density at radius 2 is 2.00 bits per heavy atom. The third-order valence-corrected chi connectivity index (χ3v) is 4.79. The molecule has 0 aliphatic rings. The number of nitrogens with one attached hydrogen (secondary N) is 2. The predicted molar refractivity (Wildman–Crippen MR) is 89.2 cm³/mol. The normalized spacial score (nSPS) is 11.4. The molecule has 2 aromatic carbocycles. The van der Waals surface area contributed by atoms with Crippen molar-refractivity contribution in [2.75, 3.05) is 11.8 Å². The van der Waals surface area contributed by atoms with Gasteiger partial charge < -0.3 is 14.9 Å². The average molecular weight is 363 g/mol. The molecule has 0 aliphatic heterocycles. The van der Waals surface area contributed by atoms with Crippen molar-refractivity contribution in [2.24, 2.45) is 5.73 Å². The number of oxazole rings is 1. The molecular weight excluding hydrogens is 350 g/mol. The Bertz CT molecular complexity index is 1130. The van der Waals surface area contributed by atoms with Crippen LogP contribution in [0.25, 0.3) is 11.1 Å². The number of H-pyrrole nitrogens is 1. The molecule has 0 spiro atoms. The van der Waals surface area contributed by atoms with E-state index in [1.54, 1.807) is 0 Å². The standard InChI is InChI=1S/C15H13N3O6S/c1-23-12-5-2-8(14(16)19)6-11(12)18-25(21,22)9-3-4-10-13(7-9)24-15(20)17-10/h2-7,18H,1H3,(H2,16,19)(H,17,20). The molecular formula is C15H13N3O6S. The molecule has 9 nitrogen and oxygen atoms in total. The highest BCUT2D eigenvalue weighted by Gasteiger charge is 2.19. The van der Waals surface area contributed by atoms with E-state index in [9.17, 15) is 18.0 Å². The molecule has 0 fully saturated rings. The second kappa shape index (κ2) is 5.98. The van der Waals surface area contributed by atoms with Gasteiger partial charge in [0.25, 0.3) is 10.0 Å². The molecule has 1 heterocycles. The number of methoxy groups -OCH3 is 1. The number of sulfonamides is 1. The summed E-state index contributed by atoms with van der Waals surface area (Å²) in [5.41, 5.74) is 5.85. The van der Waals surface area contributed by atoms with E-state index in [-0.39, 0.29) is 27.5 Å². The number of aromatic nitrogens is 1. The summed E-state index contributed by atoms with van der Waals surface area (Å²) in [7, 11) is -2.67. The van der Waals surface area contributed by atoms with Crippen molar-refractivity contribution < 1.29 is 22.4 Å². The fraction of sp³-hybridized carbons (Fsp3) is 0.0667. The maximum atomic E-state index is 12.6. The zero-order valence-electron chi connectivity index (χ0n) is 12.9. The van der Waals surface area contributed by atoms with Gasteiger partial charge >= 0.3 is 5.76 Å². The van der Waals surface area contributed by atoms with Crippen LogP contribution in [0.15, 0.2) is 50.5 Å². The minimum Gasteiger partial charge on any atom is -0.495 e. The number of ether oxygens (including phenoxy) is 1. The maximum Gasteiger partial charge on any atom is 0.417 e. The van der Waals surface area contributed by atoms with E-state index in [1.165, 1.54) is 43.5 Å². The summed E-state index contributed by atoms with van der Waals surface area (Å²) in [4.78, 5) is 24.8. The number of carbonyl (C=O) groups is 1. The van der Waals surface area contributed by atoms with Crippen LogP contribution in [-0.4, -0.2) is 26.4 Å². The summed E-state index contributed by atoms with van der Waals surface area (Å²) in [5.74, 6) is -1.19. The highest BCUT2D eigenvalue weighted by molar-refractivity contribution is 7.92. The third-order valence-electron chi connectivity index (χ3n) is 3.43. The van der Waals surface area contributed by atoms with E-state index >= 15 is 0 Å². The number of anilines is 1. The zero-order chi connectivity index (χ0) is 18.2. The van der Waals surface area contributed by atoms with Gasteiger partial charge in [-0.25, -0.2) is 13.2 Å². The molecule has 4 N–H and O–H groups in total. The molecule has 0 radical (unpaired) electrons. The molecule has 1 amide bonds. The lowest BCUT2D eigenvalue weighted by atomic mass is 10.2. The highest BCUT2D eigenvalue weighted by Crippen LogP contribution is 2.28. The lowest BCUT2D eigenvalue weighted by Crippen LogP contribution is -2.15. The molecule has 130 valence electrons. The third kappa shape index (κ3) is 3.19. The molecule has 0 bridgehead atoms. The van der Waals surface area contributed by atoms with Gasteiger partial charge in [0, 0.05) is 11.6 Å². The van der Waals surface area contributed by atoms with Gasteiger partial charge in [0.1, 0.15) is 5.75 Å². The van der Waals surface area contributed by atoms with E-state index in [1.807, 2.05) is 0 Å². The van der Waals surface area contributed by atoms with Gasteiger partial charge in [-0.2, -0.15) is 0 Å². The van der Waals surface area contributed by atoms with E-state index in [2.05, 4.69) is 9.71 Å². The number of amides is 1. The number of rotatable bonds is 5. The molecule has 3 rings (SSSR count). The van der Waals surface area contributed by atoms with Crippen LogP contribution in [0, 0.1) is 0 Å². The number of primary amides is 1. The number of hydrogen-bond acceptors (Lipinski definition) is 6. The number of hydrogen-bond donors (Lipinski definition) is 3. The Balaban J connectivity index is 2.04. The first-order chi connectivity index (χ1) is 11.8. The van der Waals surface area contributed by atoms with Crippen molar-refractivity contribution in [3.8, 4) is 5.75 Å². The first kappa shape index (κ1) is 16.6. The summed E-state index contributed by atoms with van der Waals surface area (Å²) in [5, 5.41) is 0. The first-order valence-corrected chi connectivity index (χ1v) is 8.42. The number of aromatic amines is 1. The molecule has 10 heteroatoms. The summed E-state index contributed by atoms with van der Waals surface area (Å²) >= 11 is 0. The summed E-state index contributed by atoms with van der Waals surface area (Å²) in [6.45, 7) is 0. The minimum atomic E-state index is -4.03. The predicted octanol–water partition coefficient (Wildman–Crippen LogP) is 1.03. The zero-order valence-corrected chi connectivity index (χ0v) is 13.7. The van der Waals surface area contributed by atoms with E-state index in [0.29, 0.717) is 5.52 Å². The van der Waals surface area contributed by atoms with Crippen molar-refractivity contribution in [3.05, 3.63) is 52.5 Å². The Kier molecular flexibility index (Phi) is 3.97. The lowest BCUT2D eigenvalue weighted by Gasteiger charge is -2.12. The topological polar surface area (TPSA) is 144 Å². The van der Waals surface area contributed by atoms with Crippen LogP contribution in [0.4, 0.5) is 5.69 Å². The number of fused-ring (bicyclic) bond motifs is 1. The van der Waals surface area contributed by atoms with Gasteiger partial charge in [-0.3, -0.25) is 14.5 Å². The summed E-state index contributed by atoms with van der Waals surface area (Å²) < 4.78 is 37.5. The molecule has 0 aliphatic carbocycles. The molecule has 25 heavy (non-hydrogen) atoms. The van der Waals surface area contributed by atoms with Gasteiger partial charge in [0.2, 0.25) is 5.91 Å². The second-order valence-corrected chi connectivity index (χ2v) is 6.74. The number of benzene rings is 2. The van der Waals surface area contributed by atoms with Gasteiger partial charge in [-0.15, -0.1) is 0 Å². The van der Waals surface area contributed by atoms with Gasteiger partial charge in [-0.1, -0.05) is 0 Å². The Morgan fingerprint density at radius 3 is 2.68 bits per heavy atom. The van der Waals surface area contributed by atoms with Crippen molar-refractivity contribution in [1.29, 1.82) is 0 Å². The monoisotopic (exact) mass is 363 g/mol. The molecule has 0 atom stereocenters. The average Bonchev–Trinajstić information content (AvgIpc) is 2.93. The van der Waals surface area contributed by atoms with E-state index in [4.69, 9.17) is 14.9 Å². The second-order valence-electron chi connectivity index (χ2n) is 5.06. The number of nitrogens with two attached hydrogens (primary N) is 1. The largest absolute Gasteiger partial charge is 0.495 e. The van der Waals surface area contributed by atoms with Crippen LogP contribution in [0.5, 0.6) is 5.75 Å². The molecule has 0 saturated heterocycles.